The summed E-state index contributed by atoms with van der Waals surface area (Å²) in [6.07, 6.45) is -3.00. The summed E-state index contributed by atoms with van der Waals surface area (Å²) in [6, 6.07) is 2.96. The zero-order valence-corrected chi connectivity index (χ0v) is 13.2. The van der Waals surface area contributed by atoms with Gasteiger partial charge in [0.2, 0.25) is 11.8 Å². The molecule has 1 saturated heterocycles. The summed E-state index contributed by atoms with van der Waals surface area (Å²) in [5, 5.41) is 2.13. The van der Waals surface area contributed by atoms with Crippen molar-refractivity contribution in [2.45, 2.75) is 38.0 Å². The number of benzene rings is 1. The molecule has 2 amide bonds. The normalized spacial score (nSPS) is 18.9. The molecule has 126 valence electrons. The van der Waals surface area contributed by atoms with Gasteiger partial charge in [0, 0.05) is 20.0 Å². The molecule has 23 heavy (non-hydrogen) atoms. The van der Waals surface area contributed by atoms with Crippen LogP contribution in [-0.2, 0) is 22.3 Å². The fraction of sp³-hybridized carbons (Fsp3) is 0.467. The predicted octanol–water partition coefficient (Wildman–Crippen LogP) is 2.99. The molecule has 8 heteroatoms. The molecule has 0 bridgehead atoms. The minimum atomic E-state index is -4.55. The average Bonchev–Trinajstić information content (AvgIpc) is 2.47. The highest BCUT2D eigenvalue weighted by Gasteiger charge is 2.34. The van der Waals surface area contributed by atoms with E-state index < -0.39 is 28.7 Å². The standard InChI is InChI=1S/C15H16ClF3N2O2/c1-21-11(6-3-7-12(21)22)14(23)20-8-9-4-2-5-10(13(9)16)15(17,18)19/h2,4-5,11H,3,6-8H2,1H3,(H,20,23)/t11-/m0/s1. The van der Waals surface area contributed by atoms with Crippen LogP contribution in [-0.4, -0.2) is 29.8 Å². The Labute approximate surface area is 136 Å². The Kier molecular flexibility index (Phi) is 5.19. The minimum absolute atomic E-state index is 0.117. The molecule has 0 aromatic heterocycles. The van der Waals surface area contributed by atoms with E-state index in [1.54, 1.807) is 7.05 Å². The zero-order valence-electron chi connectivity index (χ0n) is 12.4. The number of hydrogen-bond acceptors (Lipinski definition) is 2. The van der Waals surface area contributed by atoms with Crippen LogP contribution in [0, 0.1) is 0 Å². The summed E-state index contributed by atoms with van der Waals surface area (Å²) >= 11 is 5.78. The van der Waals surface area contributed by atoms with Gasteiger partial charge < -0.3 is 10.2 Å². The maximum absolute atomic E-state index is 12.8. The maximum Gasteiger partial charge on any atom is 0.417 e. The lowest BCUT2D eigenvalue weighted by atomic mass is 10.0. The van der Waals surface area contributed by atoms with E-state index in [0.717, 1.165) is 6.07 Å². The van der Waals surface area contributed by atoms with Crippen LogP contribution in [0.4, 0.5) is 13.2 Å². The highest BCUT2D eigenvalue weighted by molar-refractivity contribution is 6.32. The molecular weight excluding hydrogens is 333 g/mol. The Morgan fingerprint density at radius 1 is 1.43 bits per heavy atom. The lowest BCUT2D eigenvalue weighted by molar-refractivity contribution is -0.142. The number of hydrogen-bond donors (Lipinski definition) is 1. The first kappa shape index (κ1) is 17.6. The van der Waals surface area contributed by atoms with E-state index in [4.69, 9.17) is 11.6 Å². The minimum Gasteiger partial charge on any atom is -0.350 e. The van der Waals surface area contributed by atoms with Gasteiger partial charge in [-0.05, 0) is 24.5 Å². The first-order valence-corrected chi connectivity index (χ1v) is 7.47. The molecule has 0 aliphatic carbocycles. The second-order valence-electron chi connectivity index (χ2n) is 5.41. The van der Waals surface area contributed by atoms with Gasteiger partial charge in [-0.3, -0.25) is 9.59 Å². The van der Waals surface area contributed by atoms with Gasteiger partial charge >= 0.3 is 6.18 Å². The monoisotopic (exact) mass is 348 g/mol. The maximum atomic E-state index is 12.8. The van der Waals surface area contributed by atoms with Crippen molar-refractivity contribution >= 4 is 23.4 Å². The molecule has 4 nitrogen and oxygen atoms in total. The predicted molar refractivity (Wildman–Crippen MR) is 78.7 cm³/mol. The number of carbonyl (C=O) groups excluding carboxylic acids is 2. The third kappa shape index (κ3) is 3.96. The first-order chi connectivity index (χ1) is 10.7. The molecule has 1 N–H and O–H groups in total. The Morgan fingerprint density at radius 3 is 2.78 bits per heavy atom. The lowest BCUT2D eigenvalue weighted by Gasteiger charge is -2.31. The second kappa shape index (κ2) is 6.78. The third-order valence-corrected chi connectivity index (χ3v) is 4.32. The van der Waals surface area contributed by atoms with Crippen molar-refractivity contribution in [3.8, 4) is 0 Å². The number of likely N-dealkylation sites (N-methyl/N-ethyl adjacent to an activating group) is 1. The number of alkyl halides is 3. The summed E-state index contributed by atoms with van der Waals surface area (Å²) in [5.41, 5.74) is -0.754. The van der Waals surface area contributed by atoms with Crippen molar-refractivity contribution in [2.75, 3.05) is 7.05 Å². The number of nitrogens with zero attached hydrogens (tertiary/aromatic N) is 1. The van der Waals surface area contributed by atoms with Crippen LogP contribution in [0.15, 0.2) is 18.2 Å². The van der Waals surface area contributed by atoms with Gasteiger partial charge in [-0.1, -0.05) is 23.7 Å². The van der Waals surface area contributed by atoms with Gasteiger partial charge in [0.1, 0.15) is 6.04 Å². The fourth-order valence-corrected chi connectivity index (χ4v) is 2.83. The van der Waals surface area contributed by atoms with E-state index >= 15 is 0 Å². The molecule has 1 aliphatic rings. The molecule has 1 heterocycles. The van der Waals surface area contributed by atoms with Crippen LogP contribution in [0.25, 0.3) is 0 Å². The van der Waals surface area contributed by atoms with Crippen molar-refractivity contribution in [2.24, 2.45) is 0 Å². The highest BCUT2D eigenvalue weighted by atomic mass is 35.5. The summed E-state index contributed by atoms with van der Waals surface area (Å²) < 4.78 is 38.4. The molecule has 2 rings (SSSR count). The molecule has 0 unspecified atom stereocenters. The number of halogens is 4. The van der Waals surface area contributed by atoms with E-state index in [1.807, 2.05) is 0 Å². The van der Waals surface area contributed by atoms with Crippen LogP contribution in [0.3, 0.4) is 0 Å². The number of rotatable bonds is 3. The molecule has 1 atom stereocenters. The molecule has 0 saturated carbocycles. The number of likely N-dealkylation sites (tertiary alicyclic amines) is 1. The Balaban J connectivity index is 2.06. The molecule has 0 radical (unpaired) electrons. The number of piperidine rings is 1. The van der Waals surface area contributed by atoms with E-state index in [9.17, 15) is 22.8 Å². The molecule has 1 fully saturated rings. The number of amides is 2. The van der Waals surface area contributed by atoms with Gasteiger partial charge in [-0.25, -0.2) is 0 Å². The SMILES string of the molecule is CN1C(=O)CCC[C@H]1C(=O)NCc1cccc(C(F)(F)F)c1Cl. The summed E-state index contributed by atoms with van der Waals surface area (Å²) in [5.74, 6) is -0.512. The van der Waals surface area contributed by atoms with E-state index in [1.165, 1.54) is 17.0 Å². The number of carbonyl (C=O) groups is 2. The largest absolute Gasteiger partial charge is 0.417 e. The van der Waals surface area contributed by atoms with Crippen LogP contribution >= 0.6 is 11.6 Å². The first-order valence-electron chi connectivity index (χ1n) is 7.09. The van der Waals surface area contributed by atoms with E-state index in [2.05, 4.69) is 5.32 Å². The fourth-order valence-electron chi connectivity index (χ4n) is 2.53. The Bertz CT molecular complexity index is 619. The molecule has 1 aromatic carbocycles. The summed E-state index contributed by atoms with van der Waals surface area (Å²) in [6.45, 7) is -0.125. The highest BCUT2D eigenvalue weighted by Crippen LogP contribution is 2.36. The topological polar surface area (TPSA) is 49.4 Å². The molecular formula is C15H16ClF3N2O2. The van der Waals surface area contributed by atoms with Crippen molar-refractivity contribution in [3.05, 3.63) is 34.3 Å². The van der Waals surface area contributed by atoms with Gasteiger partial charge in [0.05, 0.1) is 10.6 Å². The van der Waals surface area contributed by atoms with Crippen LogP contribution < -0.4 is 5.32 Å². The van der Waals surface area contributed by atoms with Gasteiger partial charge in [-0.15, -0.1) is 0 Å². The van der Waals surface area contributed by atoms with Crippen LogP contribution in [0.5, 0.6) is 0 Å². The average molecular weight is 349 g/mol. The van der Waals surface area contributed by atoms with Crippen LogP contribution in [0.1, 0.15) is 30.4 Å². The number of nitrogens with one attached hydrogen (secondary N) is 1. The summed E-state index contributed by atoms with van der Waals surface area (Å²) in [4.78, 5) is 25.1. The molecule has 1 aliphatic heterocycles. The van der Waals surface area contributed by atoms with E-state index in [0.29, 0.717) is 19.3 Å². The molecule has 1 aromatic rings. The van der Waals surface area contributed by atoms with Crippen molar-refractivity contribution in [3.63, 3.8) is 0 Å². The van der Waals surface area contributed by atoms with Crippen molar-refractivity contribution in [1.29, 1.82) is 0 Å². The van der Waals surface area contributed by atoms with Crippen LogP contribution in [0.2, 0.25) is 5.02 Å². The zero-order chi connectivity index (χ0) is 17.2. The van der Waals surface area contributed by atoms with Gasteiger partial charge in [-0.2, -0.15) is 13.2 Å². The van der Waals surface area contributed by atoms with E-state index in [-0.39, 0.29) is 18.0 Å². The van der Waals surface area contributed by atoms with Gasteiger partial charge in [0.15, 0.2) is 0 Å². The quantitative estimate of drug-likeness (QED) is 0.913. The Morgan fingerprint density at radius 2 is 2.13 bits per heavy atom. The smallest absolute Gasteiger partial charge is 0.350 e. The van der Waals surface area contributed by atoms with Gasteiger partial charge in [0.25, 0.3) is 0 Å². The molecule has 0 spiro atoms. The summed E-state index contributed by atoms with van der Waals surface area (Å²) in [7, 11) is 1.54. The third-order valence-electron chi connectivity index (χ3n) is 3.87. The van der Waals surface area contributed by atoms with Crippen molar-refractivity contribution in [1.82, 2.24) is 10.2 Å². The lowest BCUT2D eigenvalue weighted by Crippen LogP contribution is -2.49. The van der Waals surface area contributed by atoms with Crippen molar-refractivity contribution < 1.29 is 22.8 Å². The second-order valence-corrected chi connectivity index (χ2v) is 5.78. The Hall–Kier alpha value is -1.76.